The molecule has 0 spiro atoms. The van der Waals surface area contributed by atoms with Crippen molar-refractivity contribution in [3.63, 3.8) is 0 Å². The molecule has 0 amide bonds. The molecule has 0 aliphatic carbocycles. The first-order chi connectivity index (χ1) is 9.31. The number of carboxylic acid groups (broad SMARTS) is 2. The Morgan fingerprint density at radius 1 is 1.05 bits per heavy atom. The molecule has 6 nitrogen and oxygen atoms in total. The molecule has 2 aliphatic heterocycles. The van der Waals surface area contributed by atoms with Crippen LogP contribution in [0.15, 0.2) is 23.3 Å². The molecule has 0 radical (unpaired) electrons. The molecule has 2 atom stereocenters. The Morgan fingerprint density at radius 2 is 1.40 bits per heavy atom. The second kappa shape index (κ2) is 7.21. The van der Waals surface area contributed by atoms with Crippen LogP contribution in [0, 0.1) is 0 Å². The maximum Gasteiger partial charge on any atom is 0.331 e. The van der Waals surface area contributed by atoms with Gasteiger partial charge in [0.15, 0.2) is 0 Å². The molecule has 6 heteroatoms. The van der Waals surface area contributed by atoms with Crippen LogP contribution in [-0.2, 0) is 19.1 Å². The standard InChI is InChI=1S/C10H14O4.C4H6O2/c1-6(10(11)12)7(2-8-4-13-8)3-9-5-14-9;1-3(2)4(5)6/h8-9H,2-5H2,1H3,(H,11,12);1H2,2H3,(H,5,6). The lowest BCUT2D eigenvalue weighted by Gasteiger charge is -2.06. The van der Waals surface area contributed by atoms with Gasteiger partial charge >= 0.3 is 11.9 Å². The highest BCUT2D eigenvalue weighted by Crippen LogP contribution is 2.28. The normalized spacial score (nSPS) is 22.1. The van der Waals surface area contributed by atoms with Gasteiger partial charge in [0.2, 0.25) is 0 Å². The minimum atomic E-state index is -0.935. The van der Waals surface area contributed by atoms with E-state index in [0.717, 1.165) is 31.6 Å². The predicted octanol–water partition coefficient (Wildman–Crippen LogP) is 1.61. The van der Waals surface area contributed by atoms with E-state index in [1.54, 1.807) is 6.92 Å². The van der Waals surface area contributed by atoms with Crippen LogP contribution in [0.3, 0.4) is 0 Å². The van der Waals surface area contributed by atoms with Gasteiger partial charge in [-0.15, -0.1) is 0 Å². The molecular formula is C14H20O6. The summed E-state index contributed by atoms with van der Waals surface area (Å²) < 4.78 is 10.2. The van der Waals surface area contributed by atoms with Crippen molar-refractivity contribution in [2.45, 2.75) is 38.9 Å². The molecule has 2 unspecified atom stereocenters. The molecular weight excluding hydrogens is 264 g/mol. The quantitative estimate of drug-likeness (QED) is 0.568. The van der Waals surface area contributed by atoms with E-state index in [1.165, 1.54) is 6.92 Å². The average Bonchev–Trinajstić information content (AvgIpc) is 3.22. The van der Waals surface area contributed by atoms with Gasteiger partial charge in [0, 0.05) is 11.1 Å². The first-order valence-corrected chi connectivity index (χ1v) is 6.35. The molecule has 0 bridgehead atoms. The van der Waals surface area contributed by atoms with E-state index >= 15 is 0 Å². The second-order valence-electron chi connectivity index (χ2n) is 4.94. The van der Waals surface area contributed by atoms with Gasteiger partial charge in [-0.3, -0.25) is 0 Å². The number of carbonyl (C=O) groups is 2. The van der Waals surface area contributed by atoms with Crippen LogP contribution in [-0.4, -0.2) is 47.6 Å². The summed E-state index contributed by atoms with van der Waals surface area (Å²) in [6.45, 7) is 7.79. The number of rotatable bonds is 6. The Kier molecular flexibility index (Phi) is 5.91. The van der Waals surface area contributed by atoms with Crippen molar-refractivity contribution in [3.8, 4) is 0 Å². The zero-order chi connectivity index (χ0) is 15.3. The van der Waals surface area contributed by atoms with Crippen molar-refractivity contribution < 1.29 is 29.3 Å². The van der Waals surface area contributed by atoms with Gasteiger partial charge in [-0.25, -0.2) is 9.59 Å². The van der Waals surface area contributed by atoms with Crippen LogP contribution >= 0.6 is 0 Å². The first kappa shape index (κ1) is 16.4. The number of hydrogen-bond donors (Lipinski definition) is 2. The van der Waals surface area contributed by atoms with Gasteiger partial charge in [-0.05, 0) is 26.7 Å². The fourth-order valence-electron chi connectivity index (χ4n) is 1.46. The lowest BCUT2D eigenvalue weighted by atomic mass is 10.00. The van der Waals surface area contributed by atoms with Gasteiger partial charge in [0.05, 0.1) is 25.4 Å². The van der Waals surface area contributed by atoms with Gasteiger partial charge < -0.3 is 19.7 Å². The van der Waals surface area contributed by atoms with Crippen molar-refractivity contribution in [2.75, 3.05) is 13.2 Å². The molecule has 2 saturated heterocycles. The van der Waals surface area contributed by atoms with Gasteiger partial charge in [0.25, 0.3) is 0 Å². The third-order valence-corrected chi connectivity index (χ3v) is 2.97. The lowest BCUT2D eigenvalue weighted by molar-refractivity contribution is -0.133. The zero-order valence-corrected chi connectivity index (χ0v) is 11.7. The molecule has 2 aliphatic rings. The topological polar surface area (TPSA) is 99.7 Å². The van der Waals surface area contributed by atoms with Crippen LogP contribution in [0.1, 0.15) is 26.7 Å². The molecule has 2 rings (SSSR count). The van der Waals surface area contributed by atoms with E-state index in [9.17, 15) is 9.59 Å². The van der Waals surface area contributed by atoms with E-state index in [-0.39, 0.29) is 17.8 Å². The molecule has 2 heterocycles. The Labute approximate surface area is 117 Å². The molecule has 2 N–H and O–H groups in total. The Balaban J connectivity index is 0.000000286. The van der Waals surface area contributed by atoms with E-state index in [0.29, 0.717) is 5.57 Å². The maximum atomic E-state index is 10.8. The van der Waals surface area contributed by atoms with Crippen molar-refractivity contribution in [3.05, 3.63) is 23.3 Å². The molecule has 0 aromatic carbocycles. The van der Waals surface area contributed by atoms with E-state index in [4.69, 9.17) is 19.7 Å². The van der Waals surface area contributed by atoms with Crippen molar-refractivity contribution in [2.24, 2.45) is 0 Å². The van der Waals surface area contributed by atoms with Crippen LogP contribution in [0.25, 0.3) is 0 Å². The molecule has 2 fully saturated rings. The Morgan fingerprint density at radius 3 is 1.60 bits per heavy atom. The fraction of sp³-hybridized carbons (Fsp3) is 0.571. The van der Waals surface area contributed by atoms with Gasteiger partial charge in [0.1, 0.15) is 0 Å². The van der Waals surface area contributed by atoms with Crippen LogP contribution in [0.4, 0.5) is 0 Å². The number of aliphatic carboxylic acids is 2. The minimum absolute atomic E-state index is 0.176. The smallest absolute Gasteiger partial charge is 0.331 e. The van der Waals surface area contributed by atoms with Gasteiger partial charge in [-0.2, -0.15) is 0 Å². The summed E-state index contributed by atoms with van der Waals surface area (Å²) in [5.74, 6) is -1.77. The number of hydrogen-bond acceptors (Lipinski definition) is 4. The molecule has 0 saturated carbocycles. The fourth-order valence-corrected chi connectivity index (χ4v) is 1.46. The first-order valence-electron chi connectivity index (χ1n) is 6.35. The van der Waals surface area contributed by atoms with Crippen LogP contribution in [0.5, 0.6) is 0 Å². The SMILES string of the molecule is C=C(C)C(=O)O.CC(C(=O)O)=C(CC1CO1)CC1CO1. The predicted molar refractivity (Wildman–Crippen MR) is 71.5 cm³/mol. The van der Waals surface area contributed by atoms with E-state index in [2.05, 4.69) is 6.58 Å². The molecule has 0 aromatic heterocycles. The number of epoxide rings is 2. The van der Waals surface area contributed by atoms with Gasteiger partial charge in [-0.1, -0.05) is 12.2 Å². The van der Waals surface area contributed by atoms with E-state index in [1.807, 2.05) is 0 Å². The summed E-state index contributed by atoms with van der Waals surface area (Å²) in [6.07, 6.45) is 1.99. The summed E-state index contributed by atoms with van der Waals surface area (Å²) in [5, 5.41) is 16.8. The highest BCUT2D eigenvalue weighted by atomic mass is 16.6. The second-order valence-corrected chi connectivity index (χ2v) is 4.94. The summed E-state index contributed by atoms with van der Waals surface area (Å²) in [7, 11) is 0. The maximum absolute atomic E-state index is 10.8. The number of carboxylic acids is 2. The van der Waals surface area contributed by atoms with E-state index < -0.39 is 11.9 Å². The Bertz CT molecular complexity index is 401. The third kappa shape index (κ3) is 6.49. The Hall–Kier alpha value is -1.66. The summed E-state index contributed by atoms with van der Waals surface area (Å²) in [4.78, 5) is 20.4. The molecule has 0 aromatic rings. The highest BCUT2D eigenvalue weighted by Gasteiger charge is 2.30. The molecule has 112 valence electrons. The summed E-state index contributed by atoms with van der Waals surface area (Å²) in [6, 6.07) is 0. The third-order valence-electron chi connectivity index (χ3n) is 2.97. The monoisotopic (exact) mass is 284 g/mol. The summed E-state index contributed by atoms with van der Waals surface area (Å²) in [5.41, 5.74) is 1.61. The number of ether oxygens (including phenoxy) is 2. The largest absolute Gasteiger partial charge is 0.478 e. The van der Waals surface area contributed by atoms with Crippen molar-refractivity contribution >= 4 is 11.9 Å². The minimum Gasteiger partial charge on any atom is -0.478 e. The van der Waals surface area contributed by atoms with Crippen LogP contribution < -0.4 is 0 Å². The van der Waals surface area contributed by atoms with Crippen molar-refractivity contribution in [1.29, 1.82) is 0 Å². The average molecular weight is 284 g/mol. The zero-order valence-electron chi connectivity index (χ0n) is 11.7. The lowest BCUT2D eigenvalue weighted by Crippen LogP contribution is -2.05. The van der Waals surface area contributed by atoms with Crippen molar-refractivity contribution in [1.82, 2.24) is 0 Å². The summed E-state index contributed by atoms with van der Waals surface area (Å²) >= 11 is 0. The molecule has 20 heavy (non-hydrogen) atoms. The highest BCUT2D eigenvalue weighted by molar-refractivity contribution is 5.86. The van der Waals surface area contributed by atoms with Crippen LogP contribution in [0.2, 0.25) is 0 Å².